The monoisotopic (exact) mass is 200 g/mol. The highest BCUT2D eigenvalue weighted by Gasteiger charge is 2.27. The molecule has 1 atom stereocenters. The molecular formula is C11H20O3. The first-order chi connectivity index (χ1) is 6.56. The molecule has 0 spiro atoms. The van der Waals surface area contributed by atoms with E-state index in [-0.39, 0.29) is 5.78 Å². The normalized spacial score (nSPS) is 22.6. The quantitative estimate of drug-likeness (QED) is 0.680. The summed E-state index contributed by atoms with van der Waals surface area (Å²) >= 11 is 0. The Morgan fingerprint density at radius 1 is 1.57 bits per heavy atom. The van der Waals surface area contributed by atoms with Gasteiger partial charge in [0.25, 0.3) is 0 Å². The van der Waals surface area contributed by atoms with Crippen LogP contribution in [0.15, 0.2) is 0 Å². The average molecular weight is 200 g/mol. The summed E-state index contributed by atoms with van der Waals surface area (Å²) in [7, 11) is 1.57. The Balaban J connectivity index is 2.26. The van der Waals surface area contributed by atoms with Crippen molar-refractivity contribution in [2.75, 3.05) is 13.7 Å². The summed E-state index contributed by atoms with van der Waals surface area (Å²) in [6.45, 7) is 4.47. The highest BCUT2D eigenvalue weighted by Crippen LogP contribution is 2.20. The molecule has 0 aromatic rings. The summed E-state index contributed by atoms with van der Waals surface area (Å²) in [6.07, 6.45) is 3.93. The van der Waals surface area contributed by atoms with E-state index in [1.54, 1.807) is 7.11 Å². The van der Waals surface area contributed by atoms with Crippen LogP contribution in [0, 0.1) is 0 Å². The molecule has 0 radical (unpaired) electrons. The Morgan fingerprint density at radius 2 is 2.29 bits per heavy atom. The van der Waals surface area contributed by atoms with Crippen LogP contribution in [0.1, 0.15) is 39.5 Å². The van der Waals surface area contributed by atoms with Crippen LogP contribution in [0.25, 0.3) is 0 Å². The Bertz CT molecular complexity index is 193. The fourth-order valence-electron chi connectivity index (χ4n) is 1.58. The van der Waals surface area contributed by atoms with E-state index in [9.17, 15) is 4.79 Å². The lowest BCUT2D eigenvalue weighted by atomic mass is 9.97. The molecule has 1 unspecified atom stereocenters. The fourth-order valence-corrected chi connectivity index (χ4v) is 1.58. The number of carbonyl (C=O) groups is 1. The van der Waals surface area contributed by atoms with Crippen molar-refractivity contribution in [1.82, 2.24) is 0 Å². The van der Waals surface area contributed by atoms with Crippen LogP contribution < -0.4 is 0 Å². The van der Waals surface area contributed by atoms with Crippen LogP contribution in [0.4, 0.5) is 0 Å². The van der Waals surface area contributed by atoms with Crippen LogP contribution in [-0.4, -0.2) is 31.2 Å². The smallest absolute Gasteiger partial charge is 0.164 e. The molecule has 0 bridgehead atoms. The van der Waals surface area contributed by atoms with Crippen molar-refractivity contribution in [3.63, 3.8) is 0 Å². The predicted molar refractivity (Wildman–Crippen MR) is 54.3 cm³/mol. The van der Waals surface area contributed by atoms with Gasteiger partial charge in [0.2, 0.25) is 0 Å². The van der Waals surface area contributed by atoms with Crippen molar-refractivity contribution in [1.29, 1.82) is 0 Å². The van der Waals surface area contributed by atoms with Crippen molar-refractivity contribution in [3.05, 3.63) is 0 Å². The maximum Gasteiger partial charge on any atom is 0.164 e. The van der Waals surface area contributed by atoms with Crippen molar-refractivity contribution < 1.29 is 14.3 Å². The Morgan fingerprint density at radius 3 is 2.79 bits per heavy atom. The summed E-state index contributed by atoms with van der Waals surface area (Å²) in [6, 6.07) is 0. The summed E-state index contributed by atoms with van der Waals surface area (Å²) in [4.78, 5) is 11.7. The van der Waals surface area contributed by atoms with Gasteiger partial charge >= 0.3 is 0 Å². The van der Waals surface area contributed by atoms with Crippen molar-refractivity contribution in [2.24, 2.45) is 0 Å². The van der Waals surface area contributed by atoms with E-state index in [1.807, 2.05) is 13.8 Å². The van der Waals surface area contributed by atoms with Crippen molar-refractivity contribution in [3.8, 4) is 0 Å². The maximum absolute atomic E-state index is 11.7. The number of rotatable bonds is 5. The highest BCUT2D eigenvalue weighted by molar-refractivity contribution is 5.86. The van der Waals surface area contributed by atoms with Gasteiger partial charge in [-0.1, -0.05) is 0 Å². The molecule has 82 valence electrons. The third-order valence-electron chi connectivity index (χ3n) is 2.90. The van der Waals surface area contributed by atoms with E-state index in [0.29, 0.717) is 12.5 Å². The molecule has 14 heavy (non-hydrogen) atoms. The summed E-state index contributed by atoms with van der Waals surface area (Å²) in [5, 5.41) is 0. The second kappa shape index (κ2) is 4.89. The first kappa shape index (κ1) is 11.7. The largest absolute Gasteiger partial charge is 0.378 e. The number of hydrogen-bond donors (Lipinski definition) is 0. The summed E-state index contributed by atoms with van der Waals surface area (Å²) in [5.41, 5.74) is -0.640. The van der Waals surface area contributed by atoms with E-state index < -0.39 is 5.60 Å². The van der Waals surface area contributed by atoms with Crippen LogP contribution >= 0.6 is 0 Å². The number of carbonyl (C=O) groups excluding carboxylic acids is 1. The molecule has 0 aliphatic carbocycles. The van der Waals surface area contributed by atoms with Gasteiger partial charge in [0.05, 0.1) is 6.10 Å². The number of hydrogen-bond acceptors (Lipinski definition) is 3. The maximum atomic E-state index is 11.7. The molecule has 0 amide bonds. The average Bonchev–Trinajstić information content (AvgIpc) is 2.66. The third-order valence-corrected chi connectivity index (χ3v) is 2.90. The van der Waals surface area contributed by atoms with Gasteiger partial charge in [-0.25, -0.2) is 0 Å². The number of Topliss-reactive ketones (excluding diaryl/α,β-unsaturated/α-hetero) is 1. The molecule has 1 saturated heterocycles. The van der Waals surface area contributed by atoms with Gasteiger partial charge < -0.3 is 9.47 Å². The van der Waals surface area contributed by atoms with Crippen molar-refractivity contribution in [2.45, 2.75) is 51.2 Å². The van der Waals surface area contributed by atoms with Gasteiger partial charge in [0, 0.05) is 20.1 Å². The second-order valence-corrected chi connectivity index (χ2v) is 4.31. The molecular weight excluding hydrogens is 180 g/mol. The molecule has 3 heteroatoms. The molecule has 1 heterocycles. The Labute approximate surface area is 85.8 Å². The topological polar surface area (TPSA) is 35.5 Å². The standard InChI is InChI=1S/C11H20O3/c1-11(2,13-3)10(12)7-6-9-5-4-8-14-9/h9H,4-8H2,1-3H3. The lowest BCUT2D eigenvalue weighted by molar-refractivity contribution is -0.137. The lowest BCUT2D eigenvalue weighted by Crippen LogP contribution is -2.34. The van der Waals surface area contributed by atoms with Gasteiger partial charge in [-0.15, -0.1) is 0 Å². The van der Waals surface area contributed by atoms with E-state index in [1.165, 1.54) is 0 Å². The molecule has 1 aliphatic rings. The van der Waals surface area contributed by atoms with Gasteiger partial charge in [-0.05, 0) is 33.1 Å². The van der Waals surface area contributed by atoms with E-state index in [4.69, 9.17) is 9.47 Å². The summed E-state index contributed by atoms with van der Waals surface area (Å²) in [5.74, 6) is 0.163. The second-order valence-electron chi connectivity index (χ2n) is 4.31. The number of ketones is 1. The molecule has 3 nitrogen and oxygen atoms in total. The van der Waals surface area contributed by atoms with Crippen LogP contribution in [0.3, 0.4) is 0 Å². The zero-order valence-corrected chi connectivity index (χ0v) is 9.34. The third kappa shape index (κ3) is 3.07. The van der Waals surface area contributed by atoms with Gasteiger partial charge in [-0.2, -0.15) is 0 Å². The highest BCUT2D eigenvalue weighted by atomic mass is 16.5. The molecule has 0 aromatic heterocycles. The molecule has 1 aliphatic heterocycles. The van der Waals surface area contributed by atoms with Crippen molar-refractivity contribution >= 4 is 5.78 Å². The molecule has 0 N–H and O–H groups in total. The van der Waals surface area contributed by atoms with Gasteiger partial charge in [0.15, 0.2) is 5.78 Å². The SMILES string of the molecule is COC(C)(C)C(=O)CCC1CCCO1. The van der Waals surface area contributed by atoms with E-state index >= 15 is 0 Å². The predicted octanol–water partition coefficient (Wildman–Crippen LogP) is 1.94. The summed E-state index contributed by atoms with van der Waals surface area (Å²) < 4.78 is 10.6. The molecule has 1 rings (SSSR count). The van der Waals surface area contributed by atoms with E-state index in [2.05, 4.69) is 0 Å². The lowest BCUT2D eigenvalue weighted by Gasteiger charge is -2.21. The first-order valence-corrected chi connectivity index (χ1v) is 5.26. The fraction of sp³-hybridized carbons (Fsp3) is 0.909. The molecule has 1 fully saturated rings. The Kier molecular flexibility index (Phi) is 4.08. The minimum Gasteiger partial charge on any atom is -0.378 e. The zero-order valence-electron chi connectivity index (χ0n) is 9.34. The molecule has 0 aromatic carbocycles. The van der Waals surface area contributed by atoms with Gasteiger partial charge in [-0.3, -0.25) is 4.79 Å². The van der Waals surface area contributed by atoms with Crippen LogP contribution in [0.2, 0.25) is 0 Å². The zero-order chi connectivity index (χ0) is 10.6. The first-order valence-electron chi connectivity index (χ1n) is 5.26. The number of ether oxygens (including phenoxy) is 2. The van der Waals surface area contributed by atoms with E-state index in [0.717, 1.165) is 25.9 Å². The van der Waals surface area contributed by atoms with Crippen LogP contribution in [0.5, 0.6) is 0 Å². The Hall–Kier alpha value is -0.410. The minimum absolute atomic E-state index is 0.163. The van der Waals surface area contributed by atoms with Crippen LogP contribution in [-0.2, 0) is 14.3 Å². The molecule has 0 saturated carbocycles. The minimum atomic E-state index is -0.640. The number of methoxy groups -OCH3 is 1. The van der Waals surface area contributed by atoms with Gasteiger partial charge in [0.1, 0.15) is 5.60 Å².